The molecule has 3 nitrogen and oxygen atoms in total. The van der Waals surface area contributed by atoms with Crippen LogP contribution in [-0.4, -0.2) is 24.2 Å². The van der Waals surface area contributed by atoms with Crippen molar-refractivity contribution in [3.05, 3.63) is 16.1 Å². The van der Waals surface area contributed by atoms with E-state index in [1.165, 1.54) is 5.01 Å². The molecule has 2 heterocycles. The van der Waals surface area contributed by atoms with Crippen LogP contribution in [0.25, 0.3) is 0 Å². The number of nitrogens with zero attached hydrogens (tertiary/aromatic N) is 1. The van der Waals surface area contributed by atoms with E-state index >= 15 is 0 Å². The number of nitrogens with two attached hydrogens (primary N) is 1. The van der Waals surface area contributed by atoms with Crippen molar-refractivity contribution >= 4 is 11.3 Å². The first-order valence-corrected chi connectivity index (χ1v) is 6.39. The molecule has 3 unspecified atom stereocenters. The monoisotopic (exact) mass is 226 g/mol. The van der Waals surface area contributed by atoms with Crippen LogP contribution in [0.15, 0.2) is 5.38 Å². The zero-order chi connectivity index (χ0) is 10.8. The van der Waals surface area contributed by atoms with Gasteiger partial charge in [-0.3, -0.25) is 0 Å². The van der Waals surface area contributed by atoms with E-state index in [4.69, 9.17) is 10.5 Å². The van der Waals surface area contributed by atoms with Gasteiger partial charge in [-0.25, -0.2) is 4.98 Å². The third kappa shape index (κ3) is 2.22. The Morgan fingerprint density at radius 2 is 2.47 bits per heavy atom. The molecule has 0 aliphatic carbocycles. The molecule has 2 rings (SSSR count). The Bertz CT molecular complexity index is 326. The van der Waals surface area contributed by atoms with Gasteiger partial charge in [0.05, 0.1) is 23.9 Å². The van der Waals surface area contributed by atoms with Gasteiger partial charge in [0.25, 0.3) is 0 Å². The van der Waals surface area contributed by atoms with Crippen LogP contribution in [0.2, 0.25) is 0 Å². The minimum atomic E-state index is 0.122. The maximum atomic E-state index is 5.97. The topological polar surface area (TPSA) is 48.1 Å². The van der Waals surface area contributed by atoms with Crippen LogP contribution in [0, 0.1) is 0 Å². The van der Waals surface area contributed by atoms with Crippen molar-refractivity contribution in [2.24, 2.45) is 5.73 Å². The van der Waals surface area contributed by atoms with Crippen LogP contribution in [-0.2, 0) is 4.74 Å². The van der Waals surface area contributed by atoms with Crippen LogP contribution >= 0.6 is 11.3 Å². The Morgan fingerprint density at radius 3 is 3.07 bits per heavy atom. The van der Waals surface area contributed by atoms with Crippen LogP contribution in [0.5, 0.6) is 0 Å². The molecule has 1 saturated heterocycles. The fourth-order valence-corrected chi connectivity index (χ4v) is 2.77. The summed E-state index contributed by atoms with van der Waals surface area (Å²) in [6, 6.07) is 0.122. The molecule has 0 amide bonds. The van der Waals surface area contributed by atoms with Crippen LogP contribution in [0.1, 0.15) is 42.8 Å². The molecule has 4 heteroatoms. The number of ether oxygens (including phenoxy) is 1. The molecule has 1 aromatic rings. The second kappa shape index (κ2) is 4.60. The van der Waals surface area contributed by atoms with Gasteiger partial charge in [0.1, 0.15) is 0 Å². The van der Waals surface area contributed by atoms with E-state index in [0.717, 1.165) is 18.7 Å². The molecule has 15 heavy (non-hydrogen) atoms. The highest BCUT2D eigenvalue weighted by atomic mass is 32.1. The number of hydrogen-bond donors (Lipinski definition) is 1. The summed E-state index contributed by atoms with van der Waals surface area (Å²) in [6.07, 6.45) is 1.14. The fraction of sp³-hybridized carbons (Fsp3) is 0.727. The average molecular weight is 226 g/mol. The Kier molecular flexibility index (Phi) is 3.38. The van der Waals surface area contributed by atoms with Crippen LogP contribution in [0.4, 0.5) is 0 Å². The number of rotatable bonds is 3. The predicted octanol–water partition coefficient (Wildman–Crippen LogP) is 2.10. The van der Waals surface area contributed by atoms with Gasteiger partial charge in [-0.15, -0.1) is 11.3 Å². The highest BCUT2D eigenvalue weighted by Crippen LogP contribution is 2.29. The molecular weight excluding hydrogens is 208 g/mol. The number of aromatic nitrogens is 1. The Morgan fingerprint density at radius 1 is 1.67 bits per heavy atom. The summed E-state index contributed by atoms with van der Waals surface area (Å²) >= 11 is 1.75. The van der Waals surface area contributed by atoms with E-state index in [-0.39, 0.29) is 6.04 Å². The second-order valence-corrected chi connectivity index (χ2v) is 5.12. The normalized spacial score (nSPS) is 28.2. The molecule has 2 N–H and O–H groups in total. The van der Waals surface area contributed by atoms with E-state index in [1.807, 2.05) is 0 Å². The zero-order valence-electron chi connectivity index (χ0n) is 9.27. The second-order valence-electron chi connectivity index (χ2n) is 4.23. The van der Waals surface area contributed by atoms with E-state index in [1.54, 1.807) is 11.3 Å². The van der Waals surface area contributed by atoms with Crippen LogP contribution in [0.3, 0.4) is 0 Å². The maximum absolute atomic E-state index is 5.97. The molecule has 1 aliphatic rings. The van der Waals surface area contributed by atoms with Crippen LogP contribution < -0.4 is 5.73 Å². The van der Waals surface area contributed by atoms with E-state index < -0.39 is 0 Å². The molecule has 0 aromatic carbocycles. The largest absolute Gasteiger partial charge is 0.379 e. The number of hydrogen-bond acceptors (Lipinski definition) is 4. The van der Waals surface area contributed by atoms with Crippen molar-refractivity contribution in [3.8, 4) is 0 Å². The highest BCUT2D eigenvalue weighted by Gasteiger charge is 2.28. The molecule has 3 atom stereocenters. The van der Waals surface area contributed by atoms with E-state index in [2.05, 4.69) is 24.2 Å². The van der Waals surface area contributed by atoms with E-state index in [0.29, 0.717) is 18.4 Å². The Balaban J connectivity index is 2.12. The zero-order valence-corrected chi connectivity index (χ0v) is 10.1. The lowest BCUT2D eigenvalue weighted by atomic mass is 10.0. The van der Waals surface area contributed by atoms with Gasteiger partial charge >= 0.3 is 0 Å². The Labute approximate surface area is 94.7 Å². The van der Waals surface area contributed by atoms with Gasteiger partial charge in [0.2, 0.25) is 0 Å². The third-order valence-electron chi connectivity index (χ3n) is 3.08. The minimum Gasteiger partial charge on any atom is -0.379 e. The van der Waals surface area contributed by atoms with Crippen molar-refractivity contribution < 1.29 is 4.74 Å². The Hall–Kier alpha value is -0.450. The van der Waals surface area contributed by atoms with Gasteiger partial charge in [-0.1, -0.05) is 13.8 Å². The SMILES string of the molecule is CCC(C)c1nc(C2COCC2N)cs1. The summed E-state index contributed by atoms with van der Waals surface area (Å²) in [6.45, 7) is 5.80. The minimum absolute atomic E-state index is 0.122. The predicted molar refractivity (Wildman–Crippen MR) is 62.4 cm³/mol. The molecule has 0 bridgehead atoms. The fourth-order valence-electron chi connectivity index (χ4n) is 1.75. The molecule has 0 spiro atoms. The van der Waals surface area contributed by atoms with Crippen molar-refractivity contribution in [2.45, 2.75) is 38.1 Å². The molecule has 0 saturated carbocycles. The first-order chi connectivity index (χ1) is 7.22. The summed E-state index contributed by atoms with van der Waals surface area (Å²) < 4.78 is 5.36. The molecule has 0 radical (unpaired) electrons. The van der Waals surface area contributed by atoms with Gasteiger partial charge in [-0.2, -0.15) is 0 Å². The summed E-state index contributed by atoms with van der Waals surface area (Å²) in [4.78, 5) is 4.67. The van der Waals surface area contributed by atoms with Gasteiger partial charge < -0.3 is 10.5 Å². The van der Waals surface area contributed by atoms with Crippen molar-refractivity contribution in [1.29, 1.82) is 0 Å². The number of thiazole rings is 1. The van der Waals surface area contributed by atoms with Gasteiger partial charge in [0, 0.05) is 23.3 Å². The first-order valence-electron chi connectivity index (χ1n) is 5.51. The molecule has 1 aliphatic heterocycles. The lowest BCUT2D eigenvalue weighted by Gasteiger charge is -2.09. The lowest BCUT2D eigenvalue weighted by molar-refractivity contribution is 0.190. The lowest BCUT2D eigenvalue weighted by Crippen LogP contribution is -2.27. The third-order valence-corrected chi connectivity index (χ3v) is 4.17. The standard InChI is InChI=1S/C11H18N2OS/c1-3-7(2)11-13-10(6-15-11)8-4-14-5-9(8)12/h6-9H,3-5,12H2,1-2H3. The summed E-state index contributed by atoms with van der Waals surface area (Å²) in [5, 5.41) is 3.37. The van der Waals surface area contributed by atoms with Crippen molar-refractivity contribution in [1.82, 2.24) is 4.98 Å². The summed E-state index contributed by atoms with van der Waals surface area (Å²) in [5.41, 5.74) is 7.09. The smallest absolute Gasteiger partial charge is 0.0956 e. The summed E-state index contributed by atoms with van der Waals surface area (Å²) in [7, 11) is 0. The van der Waals surface area contributed by atoms with Gasteiger partial charge in [0.15, 0.2) is 0 Å². The summed E-state index contributed by atoms with van der Waals surface area (Å²) in [5.74, 6) is 0.862. The average Bonchev–Trinajstić information content (AvgIpc) is 2.84. The van der Waals surface area contributed by atoms with E-state index in [9.17, 15) is 0 Å². The molecule has 1 aromatic heterocycles. The molecule has 84 valence electrons. The molecule has 1 fully saturated rings. The maximum Gasteiger partial charge on any atom is 0.0956 e. The molecular formula is C11H18N2OS. The van der Waals surface area contributed by atoms with Crippen molar-refractivity contribution in [3.63, 3.8) is 0 Å². The highest BCUT2D eigenvalue weighted by molar-refractivity contribution is 7.09. The first kappa shape index (κ1) is 11.0. The van der Waals surface area contributed by atoms with Crippen molar-refractivity contribution in [2.75, 3.05) is 13.2 Å². The quantitative estimate of drug-likeness (QED) is 0.858. The van der Waals surface area contributed by atoms with Gasteiger partial charge in [-0.05, 0) is 6.42 Å².